The quantitative estimate of drug-likeness (QED) is 0.716. The van der Waals surface area contributed by atoms with Crippen LogP contribution in [0.5, 0.6) is 5.75 Å². The molecule has 1 fully saturated rings. The lowest BCUT2D eigenvalue weighted by Gasteiger charge is -2.11. The van der Waals surface area contributed by atoms with Crippen molar-refractivity contribution >= 4 is 21.6 Å². The number of aromatic nitrogens is 1. The molecule has 0 atom stereocenters. The van der Waals surface area contributed by atoms with Crippen LogP contribution in [0.3, 0.4) is 0 Å². The normalized spacial score (nSPS) is 14.6. The van der Waals surface area contributed by atoms with Crippen molar-refractivity contribution in [2.24, 2.45) is 7.05 Å². The van der Waals surface area contributed by atoms with Crippen molar-refractivity contribution in [2.75, 3.05) is 5.32 Å². The fourth-order valence-corrected chi connectivity index (χ4v) is 3.64. The molecule has 8 heteroatoms. The molecule has 2 aromatic rings. The number of rotatable bonds is 5. The minimum atomic E-state index is -3.66. The number of anilines is 1. The zero-order chi connectivity index (χ0) is 17.5. The second-order valence-electron chi connectivity index (χ2n) is 5.95. The topological polar surface area (TPSA) is 100 Å². The van der Waals surface area contributed by atoms with Crippen LogP contribution in [-0.4, -0.2) is 30.0 Å². The monoisotopic (exact) mass is 349 g/mol. The summed E-state index contributed by atoms with van der Waals surface area (Å²) in [5, 5.41) is 12.5. The van der Waals surface area contributed by atoms with Gasteiger partial charge in [0.15, 0.2) is 0 Å². The molecule has 0 aliphatic heterocycles. The average Bonchev–Trinajstić information content (AvgIpc) is 3.25. The maximum absolute atomic E-state index is 12.3. The number of hydrogen-bond acceptors (Lipinski definition) is 4. The predicted molar refractivity (Wildman–Crippen MR) is 89.6 cm³/mol. The van der Waals surface area contributed by atoms with Crippen LogP contribution in [0, 0.1) is 6.92 Å². The number of phenolic OH excluding ortho intramolecular Hbond substituents is 1. The Morgan fingerprint density at radius 2 is 2.00 bits per heavy atom. The fraction of sp³-hybridized carbons (Fsp3) is 0.312. The summed E-state index contributed by atoms with van der Waals surface area (Å²) in [4.78, 5) is 12.4. The van der Waals surface area contributed by atoms with E-state index in [-0.39, 0.29) is 22.4 Å². The van der Waals surface area contributed by atoms with Crippen LogP contribution in [0.15, 0.2) is 35.4 Å². The first kappa shape index (κ1) is 16.5. The van der Waals surface area contributed by atoms with Gasteiger partial charge in [-0.3, -0.25) is 4.79 Å². The third kappa shape index (κ3) is 3.29. The van der Waals surface area contributed by atoms with E-state index in [9.17, 15) is 18.3 Å². The van der Waals surface area contributed by atoms with E-state index < -0.39 is 15.9 Å². The van der Waals surface area contributed by atoms with Crippen molar-refractivity contribution in [3.63, 3.8) is 0 Å². The van der Waals surface area contributed by atoms with Crippen molar-refractivity contribution < 1.29 is 18.3 Å². The molecule has 7 nitrogen and oxygen atoms in total. The highest BCUT2D eigenvalue weighted by Gasteiger charge is 2.28. The molecule has 1 aliphatic carbocycles. The van der Waals surface area contributed by atoms with E-state index in [1.807, 2.05) is 7.05 Å². The number of carbonyl (C=O) groups excluding carboxylic acids is 1. The molecular weight excluding hydrogens is 330 g/mol. The second kappa shape index (κ2) is 5.95. The Morgan fingerprint density at radius 3 is 2.58 bits per heavy atom. The lowest BCUT2D eigenvalue weighted by atomic mass is 10.2. The van der Waals surface area contributed by atoms with Gasteiger partial charge in [-0.25, -0.2) is 13.1 Å². The molecule has 0 spiro atoms. The molecule has 3 N–H and O–H groups in total. The average molecular weight is 349 g/mol. The molecule has 0 saturated heterocycles. The molecule has 0 unspecified atom stereocenters. The number of carbonyl (C=O) groups is 1. The lowest BCUT2D eigenvalue weighted by Crippen LogP contribution is -2.25. The van der Waals surface area contributed by atoms with E-state index in [4.69, 9.17) is 0 Å². The maximum Gasteiger partial charge on any atom is 0.257 e. The largest absolute Gasteiger partial charge is 0.506 e. The Kier molecular flexibility index (Phi) is 4.10. The predicted octanol–water partition coefficient (Wildman–Crippen LogP) is 1.73. The van der Waals surface area contributed by atoms with E-state index in [0.717, 1.165) is 18.5 Å². The molecule has 1 saturated carbocycles. The van der Waals surface area contributed by atoms with Gasteiger partial charge in [-0.05, 0) is 44.0 Å². The summed E-state index contributed by atoms with van der Waals surface area (Å²) in [6.07, 6.45) is 3.41. The molecule has 3 rings (SSSR count). The fourth-order valence-electron chi connectivity index (χ4n) is 2.31. The van der Waals surface area contributed by atoms with E-state index in [2.05, 4.69) is 10.0 Å². The molecule has 1 aliphatic rings. The third-order valence-electron chi connectivity index (χ3n) is 4.05. The van der Waals surface area contributed by atoms with Crippen molar-refractivity contribution in [2.45, 2.75) is 30.7 Å². The third-order valence-corrected chi connectivity index (χ3v) is 5.57. The molecule has 1 aromatic carbocycles. The Bertz CT molecular complexity index is 898. The van der Waals surface area contributed by atoms with Gasteiger partial charge in [-0.15, -0.1) is 0 Å². The van der Waals surface area contributed by atoms with Crippen molar-refractivity contribution in [1.29, 1.82) is 0 Å². The van der Waals surface area contributed by atoms with E-state index in [1.54, 1.807) is 23.8 Å². The highest BCUT2D eigenvalue weighted by Crippen LogP contribution is 2.29. The summed E-state index contributed by atoms with van der Waals surface area (Å²) in [7, 11) is -1.84. The van der Waals surface area contributed by atoms with Crippen LogP contribution in [0.1, 0.15) is 28.9 Å². The zero-order valence-electron chi connectivity index (χ0n) is 13.4. The van der Waals surface area contributed by atoms with Gasteiger partial charge in [0, 0.05) is 25.0 Å². The van der Waals surface area contributed by atoms with Gasteiger partial charge < -0.3 is 15.0 Å². The van der Waals surface area contributed by atoms with E-state index >= 15 is 0 Å². The number of phenols is 1. The van der Waals surface area contributed by atoms with Gasteiger partial charge in [0.1, 0.15) is 5.75 Å². The van der Waals surface area contributed by atoms with Crippen molar-refractivity contribution in [3.8, 4) is 5.75 Å². The minimum absolute atomic E-state index is 0.00674. The van der Waals surface area contributed by atoms with Gasteiger partial charge in [0.25, 0.3) is 5.91 Å². The number of hydrogen-bond donors (Lipinski definition) is 3. The lowest BCUT2D eigenvalue weighted by molar-refractivity contribution is 0.102. The smallest absolute Gasteiger partial charge is 0.257 e. The van der Waals surface area contributed by atoms with Gasteiger partial charge in [-0.2, -0.15) is 0 Å². The number of nitrogens with zero attached hydrogens (tertiary/aromatic N) is 1. The number of nitrogens with one attached hydrogen (secondary N) is 2. The molecule has 0 bridgehead atoms. The Morgan fingerprint density at radius 1 is 1.29 bits per heavy atom. The first-order valence-electron chi connectivity index (χ1n) is 7.56. The summed E-state index contributed by atoms with van der Waals surface area (Å²) in [6.45, 7) is 1.80. The maximum atomic E-state index is 12.3. The van der Waals surface area contributed by atoms with Crippen LogP contribution in [0.25, 0.3) is 0 Å². The number of benzene rings is 1. The van der Waals surface area contributed by atoms with Crippen molar-refractivity contribution in [3.05, 3.63) is 41.7 Å². The first-order valence-corrected chi connectivity index (χ1v) is 9.05. The molecule has 1 aromatic heterocycles. The molecule has 1 amide bonds. The van der Waals surface area contributed by atoms with Crippen molar-refractivity contribution in [1.82, 2.24) is 9.29 Å². The van der Waals surface area contributed by atoms with Gasteiger partial charge in [-0.1, -0.05) is 0 Å². The standard InChI is InChI=1S/C16H19N3O4S/c1-10-13(7-8-19(10)2)16(21)17-14-9-12(5-6-15(14)20)24(22,23)18-11-3-4-11/h5-9,11,18,20H,3-4H2,1-2H3,(H,17,21). The Hall–Kier alpha value is -2.32. The van der Waals surface area contributed by atoms with Crippen LogP contribution < -0.4 is 10.0 Å². The second-order valence-corrected chi connectivity index (χ2v) is 7.67. The molecular formula is C16H19N3O4S. The van der Waals surface area contributed by atoms with Crippen LogP contribution >= 0.6 is 0 Å². The summed E-state index contributed by atoms with van der Waals surface area (Å²) in [5.74, 6) is -0.601. The number of aromatic hydroxyl groups is 1. The van der Waals surface area contributed by atoms with Crippen LogP contribution in [0.4, 0.5) is 5.69 Å². The van der Waals surface area contributed by atoms with E-state index in [1.165, 1.54) is 18.2 Å². The first-order chi connectivity index (χ1) is 11.3. The van der Waals surface area contributed by atoms with E-state index in [0.29, 0.717) is 5.56 Å². The SMILES string of the molecule is Cc1c(C(=O)Nc2cc(S(=O)(=O)NC3CC3)ccc2O)ccn1C. The van der Waals surface area contributed by atoms with Gasteiger partial charge >= 0.3 is 0 Å². The molecule has 128 valence electrons. The number of amides is 1. The molecule has 0 radical (unpaired) electrons. The highest BCUT2D eigenvalue weighted by molar-refractivity contribution is 7.89. The Labute approximate surface area is 140 Å². The summed E-state index contributed by atoms with van der Waals surface area (Å²) < 4.78 is 28.9. The number of sulfonamides is 1. The highest BCUT2D eigenvalue weighted by atomic mass is 32.2. The summed E-state index contributed by atoms with van der Waals surface area (Å²) in [6, 6.07) is 5.47. The molecule has 24 heavy (non-hydrogen) atoms. The summed E-state index contributed by atoms with van der Waals surface area (Å²) >= 11 is 0. The minimum Gasteiger partial charge on any atom is -0.506 e. The number of aryl methyl sites for hydroxylation is 1. The van der Waals surface area contributed by atoms with Crippen LogP contribution in [0.2, 0.25) is 0 Å². The Balaban J connectivity index is 1.86. The molecule has 1 heterocycles. The van der Waals surface area contributed by atoms with Gasteiger partial charge in [0.2, 0.25) is 10.0 Å². The van der Waals surface area contributed by atoms with Crippen LogP contribution in [-0.2, 0) is 17.1 Å². The van der Waals surface area contributed by atoms with Gasteiger partial charge in [0.05, 0.1) is 16.1 Å². The zero-order valence-corrected chi connectivity index (χ0v) is 14.2. The summed E-state index contributed by atoms with van der Waals surface area (Å²) in [5.41, 5.74) is 1.29.